The van der Waals surface area contributed by atoms with Crippen molar-refractivity contribution in [1.82, 2.24) is 4.98 Å². The zero-order valence-electron chi connectivity index (χ0n) is 14.3. The van der Waals surface area contributed by atoms with Crippen LogP contribution in [0, 0.1) is 0 Å². The molecule has 4 rings (SSSR count). The molecule has 0 saturated carbocycles. The van der Waals surface area contributed by atoms with E-state index in [0.717, 1.165) is 40.4 Å². The first-order chi connectivity index (χ1) is 12.7. The van der Waals surface area contributed by atoms with Crippen LogP contribution in [0.4, 0.5) is 5.69 Å². The molecule has 0 spiro atoms. The minimum Gasteiger partial charge on any atom is -0.536 e. The van der Waals surface area contributed by atoms with Crippen molar-refractivity contribution in [3.05, 3.63) is 66.0 Å². The number of hydrogen-bond donors (Lipinski definition) is 2. The molecule has 0 saturated heterocycles. The molecule has 1 aliphatic rings. The lowest BCUT2D eigenvalue weighted by atomic mass is 9.84. The van der Waals surface area contributed by atoms with E-state index in [-0.39, 0.29) is 12.3 Å². The molecule has 0 radical (unpaired) electrons. The molecule has 130 valence electrons. The summed E-state index contributed by atoms with van der Waals surface area (Å²) in [6.07, 6.45) is 6.18. The second-order valence-electron chi connectivity index (χ2n) is 6.57. The molecule has 0 atom stereocenters. The van der Waals surface area contributed by atoms with Crippen molar-refractivity contribution in [2.45, 2.75) is 25.6 Å². The summed E-state index contributed by atoms with van der Waals surface area (Å²) in [5.41, 5.74) is 2.70. The first-order valence-corrected chi connectivity index (χ1v) is 8.77. The molecule has 26 heavy (non-hydrogen) atoms. The number of nitrogens with one attached hydrogen (secondary N) is 1. The Kier molecular flexibility index (Phi) is 4.58. The Bertz CT molecular complexity index is 961. The lowest BCUT2D eigenvalue weighted by molar-refractivity contribution is -0.115. The molecule has 0 unspecified atom stereocenters. The van der Waals surface area contributed by atoms with E-state index in [0.29, 0.717) is 12.1 Å². The Labute approximate surface area is 152 Å². The minimum absolute atomic E-state index is 0.0903. The van der Waals surface area contributed by atoms with Crippen molar-refractivity contribution in [3.63, 3.8) is 0 Å². The van der Waals surface area contributed by atoms with Gasteiger partial charge in [-0.15, -0.1) is 0 Å². The number of pyridine rings is 1. The van der Waals surface area contributed by atoms with Crippen LogP contribution in [0.3, 0.4) is 0 Å². The molecule has 0 bridgehead atoms. The number of aryl methyl sites for hydroxylation is 1. The number of anilines is 1. The van der Waals surface area contributed by atoms with Crippen LogP contribution < -0.4 is 9.97 Å². The van der Waals surface area contributed by atoms with Gasteiger partial charge in [-0.3, -0.25) is 9.78 Å². The summed E-state index contributed by atoms with van der Waals surface area (Å²) in [5.74, 6) is 0.589. The smallest absolute Gasteiger partial charge is 0.522 e. The maximum atomic E-state index is 12.4. The molecular weight excluding hydrogens is 327 g/mol. The first-order valence-electron chi connectivity index (χ1n) is 8.77. The van der Waals surface area contributed by atoms with Gasteiger partial charge < -0.3 is 15.0 Å². The molecule has 1 aromatic heterocycles. The topological polar surface area (TPSA) is 71.5 Å². The normalized spacial score (nSPS) is 13.7. The highest BCUT2D eigenvalue weighted by atomic mass is 16.5. The van der Waals surface area contributed by atoms with Gasteiger partial charge in [-0.25, -0.2) is 0 Å². The van der Waals surface area contributed by atoms with E-state index >= 15 is 0 Å². The largest absolute Gasteiger partial charge is 0.536 e. The highest BCUT2D eigenvalue weighted by Gasteiger charge is 2.21. The molecule has 5 nitrogen and oxygen atoms in total. The Balaban J connectivity index is 1.47. The zero-order chi connectivity index (χ0) is 17.9. The summed E-state index contributed by atoms with van der Waals surface area (Å²) >= 11 is 0. The number of nitrogens with zero attached hydrogens (tertiary/aromatic N) is 1. The summed E-state index contributed by atoms with van der Waals surface area (Å²) in [4.78, 5) is 16.5. The molecule has 2 aromatic carbocycles. The second-order valence-corrected chi connectivity index (χ2v) is 6.57. The van der Waals surface area contributed by atoms with E-state index in [4.69, 9.17) is 4.65 Å². The van der Waals surface area contributed by atoms with Crippen molar-refractivity contribution in [1.29, 1.82) is 0 Å². The maximum Gasteiger partial charge on any atom is 0.522 e. The van der Waals surface area contributed by atoms with Crippen LogP contribution in [0.2, 0.25) is 6.32 Å². The van der Waals surface area contributed by atoms with Gasteiger partial charge in [0.25, 0.3) is 0 Å². The predicted octanol–water partition coefficient (Wildman–Crippen LogP) is 3.22. The van der Waals surface area contributed by atoms with Crippen LogP contribution in [-0.2, 0) is 17.6 Å². The number of hydrogen-bond acceptors (Lipinski definition) is 4. The highest BCUT2D eigenvalue weighted by molar-refractivity contribution is 6.43. The molecule has 2 heterocycles. The fourth-order valence-corrected chi connectivity index (χ4v) is 3.25. The third kappa shape index (κ3) is 3.70. The average Bonchev–Trinajstić information content (AvgIpc) is 2.81. The zero-order valence-corrected chi connectivity index (χ0v) is 14.3. The highest BCUT2D eigenvalue weighted by Crippen LogP contribution is 2.27. The van der Waals surface area contributed by atoms with E-state index in [9.17, 15) is 9.82 Å². The van der Waals surface area contributed by atoms with Gasteiger partial charge in [0.2, 0.25) is 5.91 Å². The summed E-state index contributed by atoms with van der Waals surface area (Å²) in [7, 11) is -0.771. The number of fused-ring (bicyclic) bond motifs is 2. The van der Waals surface area contributed by atoms with Crippen LogP contribution in [-0.4, -0.2) is 23.0 Å². The standard InChI is InChI=1S/C20H19BN2O3/c24-20(23-18-6-5-17-13-22-9-7-16(17)12-18)11-14-3-4-15-2-1-8-21(25)26-19(15)10-14/h3-7,9-10,12-13,25H,1-2,8,11H2,(H,23,24). The molecule has 1 amide bonds. The van der Waals surface area contributed by atoms with E-state index in [1.165, 1.54) is 0 Å². The molecule has 1 aliphatic heterocycles. The van der Waals surface area contributed by atoms with Gasteiger partial charge in [-0.1, -0.05) is 18.2 Å². The molecular formula is C20H19BN2O3. The number of aromatic nitrogens is 1. The second kappa shape index (κ2) is 7.18. The summed E-state index contributed by atoms with van der Waals surface area (Å²) < 4.78 is 5.56. The Hall–Kier alpha value is -2.86. The number of benzene rings is 2. The van der Waals surface area contributed by atoms with Crippen molar-refractivity contribution in [2.24, 2.45) is 0 Å². The van der Waals surface area contributed by atoms with Gasteiger partial charge in [0.05, 0.1) is 6.42 Å². The van der Waals surface area contributed by atoms with Crippen LogP contribution in [0.1, 0.15) is 17.5 Å². The van der Waals surface area contributed by atoms with Crippen molar-refractivity contribution in [2.75, 3.05) is 5.32 Å². The lowest BCUT2D eigenvalue weighted by Gasteiger charge is -2.12. The van der Waals surface area contributed by atoms with E-state index in [1.807, 2.05) is 42.5 Å². The van der Waals surface area contributed by atoms with E-state index in [2.05, 4.69) is 10.3 Å². The van der Waals surface area contributed by atoms with Gasteiger partial charge in [0.15, 0.2) is 0 Å². The summed E-state index contributed by atoms with van der Waals surface area (Å²) in [6, 6.07) is 13.5. The van der Waals surface area contributed by atoms with Crippen LogP contribution >= 0.6 is 0 Å². The Morgan fingerprint density at radius 3 is 3.04 bits per heavy atom. The fraction of sp³-hybridized carbons (Fsp3) is 0.200. The monoisotopic (exact) mass is 346 g/mol. The number of carbonyl (C=O) groups is 1. The third-order valence-electron chi connectivity index (χ3n) is 4.58. The Morgan fingerprint density at radius 2 is 2.12 bits per heavy atom. The van der Waals surface area contributed by atoms with E-state index < -0.39 is 7.12 Å². The van der Waals surface area contributed by atoms with E-state index in [1.54, 1.807) is 12.4 Å². The molecule has 2 N–H and O–H groups in total. The quantitative estimate of drug-likeness (QED) is 0.715. The van der Waals surface area contributed by atoms with Crippen molar-refractivity contribution in [3.8, 4) is 5.75 Å². The number of amides is 1. The summed E-state index contributed by atoms with van der Waals surface area (Å²) in [5, 5.41) is 14.8. The predicted molar refractivity (Wildman–Crippen MR) is 102 cm³/mol. The Morgan fingerprint density at radius 1 is 1.19 bits per heavy atom. The molecule has 6 heteroatoms. The molecule has 3 aromatic rings. The van der Waals surface area contributed by atoms with Crippen LogP contribution in [0.5, 0.6) is 5.75 Å². The lowest BCUT2D eigenvalue weighted by Crippen LogP contribution is -2.20. The first kappa shape index (κ1) is 16.6. The van der Waals surface area contributed by atoms with Gasteiger partial charge in [-0.05, 0) is 59.9 Å². The maximum absolute atomic E-state index is 12.4. The summed E-state index contributed by atoms with van der Waals surface area (Å²) in [6.45, 7) is 0. The van der Waals surface area contributed by atoms with Crippen LogP contribution in [0.15, 0.2) is 54.9 Å². The number of carbonyl (C=O) groups excluding carboxylic acids is 1. The SMILES string of the molecule is O=C(Cc1ccc2c(c1)OB(O)CCC2)Nc1ccc2cnccc2c1. The fourth-order valence-electron chi connectivity index (χ4n) is 3.25. The molecule has 0 fully saturated rings. The van der Waals surface area contributed by atoms with Gasteiger partial charge in [0, 0.05) is 23.5 Å². The number of rotatable bonds is 3. The molecule has 0 aliphatic carbocycles. The van der Waals surface area contributed by atoms with Gasteiger partial charge >= 0.3 is 7.12 Å². The van der Waals surface area contributed by atoms with Gasteiger partial charge in [0.1, 0.15) is 5.75 Å². The van der Waals surface area contributed by atoms with Gasteiger partial charge in [-0.2, -0.15) is 0 Å². The van der Waals surface area contributed by atoms with Crippen LogP contribution in [0.25, 0.3) is 10.8 Å². The van der Waals surface area contributed by atoms with Crippen molar-refractivity contribution < 1.29 is 14.5 Å². The van der Waals surface area contributed by atoms with Crippen molar-refractivity contribution >= 4 is 29.5 Å². The minimum atomic E-state index is -0.771. The average molecular weight is 346 g/mol. The third-order valence-corrected chi connectivity index (χ3v) is 4.58.